The van der Waals surface area contributed by atoms with Gasteiger partial charge in [-0.05, 0) is 63.1 Å². The Balaban J connectivity index is 2.52. The van der Waals surface area contributed by atoms with E-state index < -0.39 is 34.1 Å². The predicted octanol–water partition coefficient (Wildman–Crippen LogP) is 5.79. The smallest absolute Gasteiger partial charge is 0.244 e. The number of hydrogen-bond acceptors (Lipinski definition) is 4. The molecule has 2 rings (SSSR count). The Kier molecular flexibility index (Phi) is 10.4. The molecular weight excluding hydrogens is 568 g/mol. The summed E-state index contributed by atoms with van der Waals surface area (Å²) in [5.41, 5.74) is 0.173. The summed E-state index contributed by atoms with van der Waals surface area (Å²) >= 11 is 24.4. The molecule has 2 aromatic carbocycles. The Hall–Kier alpha value is -1.71. The summed E-state index contributed by atoms with van der Waals surface area (Å²) in [7, 11) is -3.93. The summed E-state index contributed by atoms with van der Waals surface area (Å²) < 4.78 is 26.3. The van der Waals surface area contributed by atoms with Crippen molar-refractivity contribution in [2.24, 2.45) is 0 Å². The van der Waals surface area contributed by atoms with Crippen molar-refractivity contribution in [3.63, 3.8) is 0 Å². The van der Waals surface area contributed by atoms with E-state index in [-0.39, 0.29) is 29.6 Å². The normalized spacial score (nSPS) is 12.7. The van der Waals surface area contributed by atoms with Gasteiger partial charge in [-0.25, -0.2) is 8.42 Å². The summed E-state index contributed by atoms with van der Waals surface area (Å²) in [5.74, 6) is -0.970. The van der Waals surface area contributed by atoms with Crippen LogP contribution in [0.5, 0.6) is 0 Å². The lowest BCUT2D eigenvalue weighted by Crippen LogP contribution is -2.55. The molecule has 0 saturated heterocycles. The molecule has 0 unspecified atom stereocenters. The highest BCUT2D eigenvalue weighted by molar-refractivity contribution is 7.92. The second kappa shape index (κ2) is 12.2. The highest BCUT2D eigenvalue weighted by Crippen LogP contribution is 2.31. The van der Waals surface area contributed by atoms with E-state index in [1.54, 1.807) is 25.1 Å². The number of halogens is 4. The van der Waals surface area contributed by atoms with Crippen molar-refractivity contribution in [1.29, 1.82) is 0 Å². The van der Waals surface area contributed by atoms with Crippen molar-refractivity contribution in [2.45, 2.75) is 52.2 Å². The zero-order chi connectivity index (χ0) is 27.4. The lowest BCUT2D eigenvalue weighted by atomic mass is 10.1. The molecule has 0 aliphatic carbocycles. The van der Waals surface area contributed by atoms with Gasteiger partial charge in [0.25, 0.3) is 0 Å². The highest BCUT2D eigenvalue weighted by Gasteiger charge is 2.33. The Labute approximate surface area is 232 Å². The number of rotatable bonds is 9. The third-order valence-electron chi connectivity index (χ3n) is 5.08. The standard InChI is InChI=1S/C24H29Cl4N3O4S/c1-6-20(23(33)29-24(2,3)4)30(13-15-7-9-17(26)18(27)11-15)22(32)14-31(36(5,34)35)21-10-8-16(25)12-19(21)28/h7-12,20H,6,13-14H2,1-5H3,(H,29,33)/t20-/m1/s1. The number of nitrogens with zero attached hydrogens (tertiary/aromatic N) is 2. The highest BCUT2D eigenvalue weighted by atomic mass is 35.5. The molecule has 0 aromatic heterocycles. The molecular formula is C24H29Cl4N3O4S. The van der Waals surface area contributed by atoms with Gasteiger partial charge in [0.15, 0.2) is 0 Å². The zero-order valence-electron chi connectivity index (χ0n) is 20.6. The first-order valence-electron chi connectivity index (χ1n) is 11.0. The quantitative estimate of drug-likeness (QED) is 0.397. The first kappa shape index (κ1) is 30.5. The van der Waals surface area contributed by atoms with Gasteiger partial charge in [0, 0.05) is 17.1 Å². The summed E-state index contributed by atoms with van der Waals surface area (Å²) in [6.07, 6.45) is 1.26. The van der Waals surface area contributed by atoms with Gasteiger partial charge >= 0.3 is 0 Å². The van der Waals surface area contributed by atoms with Gasteiger partial charge in [-0.3, -0.25) is 13.9 Å². The topological polar surface area (TPSA) is 86.8 Å². The van der Waals surface area contributed by atoms with Crippen LogP contribution in [-0.2, 0) is 26.2 Å². The van der Waals surface area contributed by atoms with Crippen molar-refractivity contribution in [3.8, 4) is 0 Å². The van der Waals surface area contributed by atoms with Gasteiger partial charge in [-0.2, -0.15) is 0 Å². The zero-order valence-corrected chi connectivity index (χ0v) is 24.5. The number of hydrogen-bond donors (Lipinski definition) is 1. The minimum absolute atomic E-state index is 0.00224. The van der Waals surface area contributed by atoms with E-state index in [9.17, 15) is 18.0 Å². The molecule has 2 aromatic rings. The van der Waals surface area contributed by atoms with Gasteiger partial charge in [0.05, 0.1) is 27.0 Å². The van der Waals surface area contributed by atoms with Crippen LogP contribution in [0, 0.1) is 0 Å². The molecule has 0 aliphatic rings. The van der Waals surface area contributed by atoms with E-state index in [0.717, 1.165) is 10.6 Å². The SMILES string of the molecule is CC[C@H](C(=O)NC(C)(C)C)N(Cc1ccc(Cl)c(Cl)c1)C(=O)CN(c1ccc(Cl)cc1Cl)S(C)(=O)=O. The molecule has 36 heavy (non-hydrogen) atoms. The summed E-state index contributed by atoms with van der Waals surface area (Å²) in [6, 6.07) is 8.29. The molecule has 0 heterocycles. The van der Waals surface area contributed by atoms with Gasteiger partial charge < -0.3 is 10.2 Å². The Morgan fingerprint density at radius 3 is 2.11 bits per heavy atom. The molecule has 1 N–H and O–H groups in total. The van der Waals surface area contributed by atoms with Crippen LogP contribution in [0.2, 0.25) is 20.1 Å². The van der Waals surface area contributed by atoms with Crippen LogP contribution in [0.25, 0.3) is 0 Å². The minimum Gasteiger partial charge on any atom is -0.350 e. The van der Waals surface area contributed by atoms with Crippen LogP contribution in [-0.4, -0.2) is 49.5 Å². The third-order valence-corrected chi connectivity index (χ3v) is 7.48. The summed E-state index contributed by atoms with van der Waals surface area (Å²) in [5, 5.41) is 3.91. The summed E-state index contributed by atoms with van der Waals surface area (Å²) in [6.45, 7) is 6.68. The molecule has 198 valence electrons. The van der Waals surface area contributed by atoms with Crippen LogP contribution in [0.3, 0.4) is 0 Å². The lowest BCUT2D eigenvalue weighted by Gasteiger charge is -2.34. The fraction of sp³-hybridized carbons (Fsp3) is 0.417. The largest absolute Gasteiger partial charge is 0.350 e. The minimum atomic E-state index is -3.93. The molecule has 0 aliphatic heterocycles. The molecule has 0 bridgehead atoms. The van der Waals surface area contributed by atoms with Gasteiger partial charge in [-0.15, -0.1) is 0 Å². The number of carbonyl (C=O) groups is 2. The monoisotopic (exact) mass is 595 g/mol. The number of sulfonamides is 1. The molecule has 0 fully saturated rings. The van der Waals surface area contributed by atoms with Crippen molar-refractivity contribution in [1.82, 2.24) is 10.2 Å². The van der Waals surface area contributed by atoms with Crippen molar-refractivity contribution >= 4 is 73.9 Å². The Morgan fingerprint density at radius 2 is 1.61 bits per heavy atom. The van der Waals surface area contributed by atoms with Crippen LogP contribution < -0.4 is 9.62 Å². The van der Waals surface area contributed by atoms with Crippen molar-refractivity contribution in [2.75, 3.05) is 17.1 Å². The number of carbonyl (C=O) groups excluding carboxylic acids is 2. The second-order valence-corrected chi connectivity index (χ2v) is 12.9. The Bertz CT molecular complexity index is 1230. The fourth-order valence-electron chi connectivity index (χ4n) is 3.49. The van der Waals surface area contributed by atoms with Crippen LogP contribution >= 0.6 is 46.4 Å². The van der Waals surface area contributed by atoms with Crippen LogP contribution in [0.4, 0.5) is 5.69 Å². The van der Waals surface area contributed by atoms with Gasteiger partial charge in [0.2, 0.25) is 21.8 Å². The average molecular weight is 597 g/mol. The van der Waals surface area contributed by atoms with E-state index in [4.69, 9.17) is 46.4 Å². The van der Waals surface area contributed by atoms with Crippen molar-refractivity contribution in [3.05, 3.63) is 62.1 Å². The maximum atomic E-state index is 13.7. The molecule has 12 heteroatoms. The molecule has 0 saturated carbocycles. The second-order valence-electron chi connectivity index (χ2n) is 9.30. The third kappa shape index (κ3) is 8.42. The number of anilines is 1. The van der Waals surface area contributed by atoms with Crippen molar-refractivity contribution < 1.29 is 18.0 Å². The molecule has 0 radical (unpaired) electrons. The van der Waals surface area contributed by atoms with Crippen LogP contribution in [0.15, 0.2) is 36.4 Å². The van der Waals surface area contributed by atoms with E-state index in [2.05, 4.69) is 5.32 Å². The first-order chi connectivity index (χ1) is 16.5. The molecule has 1 atom stereocenters. The Morgan fingerprint density at radius 1 is 0.972 bits per heavy atom. The van der Waals surface area contributed by atoms with Gasteiger partial charge in [-0.1, -0.05) is 59.4 Å². The predicted molar refractivity (Wildman–Crippen MR) is 148 cm³/mol. The molecule has 0 spiro atoms. The number of nitrogens with one attached hydrogen (secondary N) is 1. The summed E-state index contributed by atoms with van der Waals surface area (Å²) in [4.78, 5) is 28.2. The lowest BCUT2D eigenvalue weighted by molar-refractivity contribution is -0.141. The van der Waals surface area contributed by atoms with Crippen LogP contribution in [0.1, 0.15) is 39.7 Å². The number of benzene rings is 2. The van der Waals surface area contributed by atoms with E-state index in [0.29, 0.717) is 20.6 Å². The van der Waals surface area contributed by atoms with E-state index >= 15 is 0 Å². The maximum absolute atomic E-state index is 13.7. The fourth-order valence-corrected chi connectivity index (χ4v) is 5.23. The van der Waals surface area contributed by atoms with E-state index in [1.807, 2.05) is 20.8 Å². The van der Waals surface area contributed by atoms with Gasteiger partial charge in [0.1, 0.15) is 12.6 Å². The average Bonchev–Trinajstić information content (AvgIpc) is 2.72. The molecule has 7 nitrogen and oxygen atoms in total. The van der Waals surface area contributed by atoms with E-state index in [1.165, 1.54) is 23.1 Å². The first-order valence-corrected chi connectivity index (χ1v) is 14.4. The maximum Gasteiger partial charge on any atom is 0.244 e. The number of amides is 2. The molecule has 2 amide bonds.